The second-order valence-corrected chi connectivity index (χ2v) is 12.2. The molecule has 10 heteroatoms. The summed E-state index contributed by atoms with van der Waals surface area (Å²) in [5, 5.41) is 8.13. The smallest absolute Gasteiger partial charge is 0.408 e. The number of rotatable bonds is 13. The molecule has 3 aromatic rings. The molecule has 0 saturated heterocycles. The predicted molar refractivity (Wildman–Crippen MR) is 174 cm³/mol. The molecule has 3 amide bonds. The van der Waals surface area contributed by atoms with E-state index < -0.39 is 41.7 Å². The van der Waals surface area contributed by atoms with Gasteiger partial charge in [0, 0.05) is 18.9 Å². The zero-order valence-electron chi connectivity index (χ0n) is 26.8. The molecule has 46 heavy (non-hydrogen) atoms. The van der Waals surface area contributed by atoms with Crippen LogP contribution in [0, 0.1) is 0 Å². The maximum atomic E-state index is 13.3. The molecule has 0 aromatic heterocycles. The second kappa shape index (κ2) is 15.9. The van der Waals surface area contributed by atoms with Gasteiger partial charge in [-0.25, -0.2) is 14.4 Å². The molecule has 3 aromatic carbocycles. The number of alkyl carbamates (subject to hydrolysis) is 2. The van der Waals surface area contributed by atoms with Crippen molar-refractivity contribution in [2.75, 3.05) is 20.3 Å². The Balaban J connectivity index is 1.28. The van der Waals surface area contributed by atoms with Gasteiger partial charge in [0.05, 0.1) is 7.11 Å². The summed E-state index contributed by atoms with van der Waals surface area (Å²) in [5.74, 6) is -1.17. The van der Waals surface area contributed by atoms with Crippen molar-refractivity contribution in [3.63, 3.8) is 0 Å². The van der Waals surface area contributed by atoms with E-state index in [1.54, 1.807) is 20.8 Å². The van der Waals surface area contributed by atoms with E-state index in [2.05, 4.69) is 40.2 Å². The van der Waals surface area contributed by atoms with Gasteiger partial charge in [0.1, 0.15) is 24.3 Å². The summed E-state index contributed by atoms with van der Waals surface area (Å²) in [5.41, 5.74) is 4.66. The van der Waals surface area contributed by atoms with Crippen molar-refractivity contribution in [1.82, 2.24) is 16.0 Å². The Morgan fingerprint density at radius 3 is 1.98 bits per heavy atom. The zero-order valence-corrected chi connectivity index (χ0v) is 26.8. The molecule has 1 aliphatic rings. The SMILES string of the molecule is COC(=O)[C@H](Cc1ccccc1)NC(=O)[C@@H](CCCCNC(=O)OCC1c2ccccc2-c2ccccc21)NC(=O)OC(C)(C)C. The minimum Gasteiger partial charge on any atom is -0.467 e. The van der Waals surface area contributed by atoms with Gasteiger partial charge in [-0.2, -0.15) is 0 Å². The number of methoxy groups -OCH3 is 1. The summed E-state index contributed by atoms with van der Waals surface area (Å²) in [6, 6.07) is 23.6. The Hall–Kier alpha value is -4.86. The quantitative estimate of drug-likeness (QED) is 0.129. The van der Waals surface area contributed by atoms with Gasteiger partial charge >= 0.3 is 18.2 Å². The maximum absolute atomic E-state index is 13.3. The van der Waals surface area contributed by atoms with Crippen LogP contribution in [0.4, 0.5) is 9.59 Å². The van der Waals surface area contributed by atoms with Crippen molar-refractivity contribution in [3.8, 4) is 11.1 Å². The second-order valence-electron chi connectivity index (χ2n) is 12.2. The molecule has 0 aliphatic heterocycles. The van der Waals surface area contributed by atoms with E-state index in [9.17, 15) is 19.2 Å². The number of esters is 1. The first kappa shape index (κ1) is 34.0. The van der Waals surface area contributed by atoms with Crippen molar-refractivity contribution in [2.24, 2.45) is 0 Å². The monoisotopic (exact) mass is 629 g/mol. The summed E-state index contributed by atoms with van der Waals surface area (Å²) in [4.78, 5) is 51.0. The lowest BCUT2D eigenvalue weighted by atomic mass is 9.98. The Labute approximate surface area is 270 Å². The normalized spacial score (nSPS) is 13.4. The van der Waals surface area contributed by atoms with E-state index in [-0.39, 0.29) is 25.4 Å². The fourth-order valence-corrected chi connectivity index (χ4v) is 5.49. The van der Waals surface area contributed by atoms with Crippen LogP contribution in [0.2, 0.25) is 0 Å². The molecule has 2 atom stereocenters. The first-order valence-corrected chi connectivity index (χ1v) is 15.6. The molecule has 3 N–H and O–H groups in total. The molecule has 0 heterocycles. The van der Waals surface area contributed by atoms with Gasteiger partial charge in [0.25, 0.3) is 0 Å². The largest absolute Gasteiger partial charge is 0.467 e. The van der Waals surface area contributed by atoms with Crippen molar-refractivity contribution < 1.29 is 33.4 Å². The fourth-order valence-electron chi connectivity index (χ4n) is 5.49. The third-order valence-electron chi connectivity index (χ3n) is 7.62. The van der Waals surface area contributed by atoms with Crippen LogP contribution in [0.1, 0.15) is 62.6 Å². The highest BCUT2D eigenvalue weighted by molar-refractivity contribution is 5.89. The van der Waals surface area contributed by atoms with Crippen LogP contribution in [0.5, 0.6) is 0 Å². The standard InChI is InChI=1S/C36H43N3O7/c1-36(2,3)46-35(43)39-30(32(40)38-31(33(41)44-4)22-24-14-6-5-7-15-24)20-12-13-21-37-34(42)45-23-29-27-18-10-8-16-25(27)26-17-9-11-19-28(26)29/h5-11,14-19,29-31H,12-13,20-23H2,1-4H3,(H,37,42)(H,38,40)(H,39,43)/t30-,31+/m1/s1. The van der Waals surface area contributed by atoms with Gasteiger partial charge < -0.3 is 30.2 Å². The first-order valence-electron chi connectivity index (χ1n) is 15.6. The van der Waals surface area contributed by atoms with Crippen LogP contribution in [0.3, 0.4) is 0 Å². The lowest BCUT2D eigenvalue weighted by molar-refractivity contribution is -0.145. The fraction of sp³-hybridized carbons (Fsp3) is 0.389. The van der Waals surface area contributed by atoms with E-state index in [4.69, 9.17) is 14.2 Å². The number of benzene rings is 3. The third-order valence-corrected chi connectivity index (χ3v) is 7.62. The number of carbonyl (C=O) groups is 4. The first-order chi connectivity index (χ1) is 22.1. The average molecular weight is 630 g/mol. The molecule has 4 rings (SSSR count). The van der Waals surface area contributed by atoms with Gasteiger partial charge in [-0.15, -0.1) is 0 Å². The average Bonchev–Trinajstić information content (AvgIpc) is 3.35. The highest BCUT2D eigenvalue weighted by Gasteiger charge is 2.30. The van der Waals surface area contributed by atoms with Gasteiger partial charge in [0.2, 0.25) is 5.91 Å². The van der Waals surface area contributed by atoms with Gasteiger partial charge in [-0.05, 0) is 67.9 Å². The minimum atomic E-state index is -0.979. The minimum absolute atomic E-state index is 0.0351. The molecule has 10 nitrogen and oxygen atoms in total. The van der Waals surface area contributed by atoms with Crippen molar-refractivity contribution in [3.05, 3.63) is 95.6 Å². The van der Waals surface area contributed by atoms with E-state index in [0.29, 0.717) is 19.4 Å². The highest BCUT2D eigenvalue weighted by Crippen LogP contribution is 2.44. The number of amides is 3. The molecule has 0 saturated carbocycles. The topological polar surface area (TPSA) is 132 Å². The molecule has 1 aliphatic carbocycles. The number of fused-ring (bicyclic) bond motifs is 3. The zero-order chi connectivity index (χ0) is 33.1. The Kier molecular flexibility index (Phi) is 11.8. The summed E-state index contributed by atoms with van der Waals surface area (Å²) in [7, 11) is 1.26. The molecule has 0 radical (unpaired) electrons. The van der Waals surface area contributed by atoms with Crippen LogP contribution in [0.25, 0.3) is 11.1 Å². The lowest BCUT2D eigenvalue weighted by Crippen LogP contribution is -2.53. The Morgan fingerprint density at radius 1 is 0.761 bits per heavy atom. The number of nitrogens with one attached hydrogen (secondary N) is 3. The summed E-state index contributed by atoms with van der Waals surface area (Å²) < 4.78 is 15.9. The number of hydrogen-bond donors (Lipinski definition) is 3. The van der Waals surface area contributed by atoms with Gasteiger partial charge in [0.15, 0.2) is 0 Å². The Morgan fingerprint density at radius 2 is 1.37 bits per heavy atom. The number of carbonyl (C=O) groups excluding carboxylic acids is 4. The third kappa shape index (κ3) is 9.57. The van der Waals surface area contributed by atoms with Crippen LogP contribution < -0.4 is 16.0 Å². The summed E-state index contributed by atoms with van der Waals surface area (Å²) >= 11 is 0. The predicted octanol–water partition coefficient (Wildman–Crippen LogP) is 5.49. The number of unbranched alkanes of at least 4 members (excludes halogenated alkanes) is 1. The maximum Gasteiger partial charge on any atom is 0.408 e. The van der Waals surface area contributed by atoms with E-state index in [0.717, 1.165) is 27.8 Å². The van der Waals surface area contributed by atoms with Crippen LogP contribution >= 0.6 is 0 Å². The van der Waals surface area contributed by atoms with Crippen molar-refractivity contribution in [1.29, 1.82) is 0 Å². The number of hydrogen-bond acceptors (Lipinski definition) is 7. The van der Waals surface area contributed by atoms with Crippen LogP contribution in [-0.2, 0) is 30.2 Å². The van der Waals surface area contributed by atoms with Gasteiger partial charge in [-0.3, -0.25) is 4.79 Å². The van der Waals surface area contributed by atoms with Crippen molar-refractivity contribution >= 4 is 24.1 Å². The molecule has 0 spiro atoms. The summed E-state index contributed by atoms with van der Waals surface area (Å²) in [6.07, 6.45) is 0.208. The molecule has 0 fully saturated rings. The highest BCUT2D eigenvalue weighted by atomic mass is 16.6. The number of ether oxygens (including phenoxy) is 3. The van der Waals surface area contributed by atoms with E-state index in [1.165, 1.54) is 7.11 Å². The molecular weight excluding hydrogens is 586 g/mol. The van der Waals surface area contributed by atoms with E-state index in [1.807, 2.05) is 54.6 Å². The van der Waals surface area contributed by atoms with Crippen LogP contribution in [-0.4, -0.2) is 62.0 Å². The van der Waals surface area contributed by atoms with Crippen molar-refractivity contribution in [2.45, 2.75) is 70.1 Å². The van der Waals surface area contributed by atoms with Gasteiger partial charge in [-0.1, -0.05) is 78.9 Å². The molecule has 0 unspecified atom stereocenters. The van der Waals surface area contributed by atoms with E-state index >= 15 is 0 Å². The lowest BCUT2D eigenvalue weighted by Gasteiger charge is -2.25. The molecule has 244 valence electrons. The molecular formula is C36H43N3O7. The van der Waals surface area contributed by atoms with Crippen LogP contribution in [0.15, 0.2) is 78.9 Å². The Bertz CT molecular complexity index is 1460. The molecule has 0 bridgehead atoms. The summed E-state index contributed by atoms with van der Waals surface area (Å²) in [6.45, 7) is 5.71.